The zero-order valence-electron chi connectivity index (χ0n) is 11.7. The fourth-order valence-corrected chi connectivity index (χ4v) is 2.05. The first-order valence-corrected chi connectivity index (χ1v) is 6.34. The zero-order valence-corrected chi connectivity index (χ0v) is 11.7. The fourth-order valence-electron chi connectivity index (χ4n) is 2.05. The topological polar surface area (TPSA) is 72.0 Å². The molecule has 20 heavy (non-hydrogen) atoms. The lowest BCUT2D eigenvalue weighted by molar-refractivity contribution is 0.0989. The van der Waals surface area contributed by atoms with Crippen LogP contribution in [0, 0.1) is 6.92 Å². The summed E-state index contributed by atoms with van der Waals surface area (Å²) in [5.74, 6) is 0.308. The van der Waals surface area contributed by atoms with Gasteiger partial charge in [0.05, 0.1) is 12.7 Å². The molecule has 5 heteroatoms. The van der Waals surface area contributed by atoms with Crippen LogP contribution in [0.4, 0.5) is 0 Å². The van der Waals surface area contributed by atoms with Crippen LogP contribution in [-0.4, -0.2) is 23.1 Å². The van der Waals surface area contributed by atoms with E-state index in [0.29, 0.717) is 29.0 Å². The molecule has 0 bridgehead atoms. The summed E-state index contributed by atoms with van der Waals surface area (Å²) in [7, 11) is 1.47. The fraction of sp³-hybridized carbons (Fsp3) is 0.267. The van der Waals surface area contributed by atoms with E-state index in [1.54, 1.807) is 13.0 Å². The predicted octanol–water partition coefficient (Wildman–Crippen LogP) is 2.35. The van der Waals surface area contributed by atoms with Crippen LogP contribution in [0.25, 0.3) is 11.1 Å². The third kappa shape index (κ3) is 2.61. The SMILES string of the molecule is CCC(=O)c1ccc(C)cc1-c1cc(=O)[nH]nc1OC. The van der Waals surface area contributed by atoms with Crippen molar-refractivity contribution in [3.8, 4) is 17.0 Å². The quantitative estimate of drug-likeness (QED) is 0.867. The maximum Gasteiger partial charge on any atom is 0.265 e. The highest BCUT2D eigenvalue weighted by Crippen LogP contribution is 2.30. The van der Waals surface area contributed by atoms with Crippen LogP contribution in [0.15, 0.2) is 29.1 Å². The molecule has 0 saturated carbocycles. The van der Waals surface area contributed by atoms with Gasteiger partial charge in [-0.1, -0.05) is 30.7 Å². The molecule has 0 aliphatic heterocycles. The van der Waals surface area contributed by atoms with Crippen LogP contribution < -0.4 is 10.3 Å². The predicted molar refractivity (Wildman–Crippen MR) is 76.2 cm³/mol. The van der Waals surface area contributed by atoms with Crippen molar-refractivity contribution in [1.29, 1.82) is 0 Å². The molecule has 1 heterocycles. The van der Waals surface area contributed by atoms with Gasteiger partial charge in [0.25, 0.3) is 5.56 Å². The summed E-state index contributed by atoms with van der Waals surface area (Å²) < 4.78 is 5.17. The van der Waals surface area contributed by atoms with E-state index in [9.17, 15) is 9.59 Å². The minimum absolute atomic E-state index is 0.0161. The summed E-state index contributed by atoms with van der Waals surface area (Å²) in [4.78, 5) is 23.6. The average molecular weight is 272 g/mol. The molecule has 0 atom stereocenters. The molecule has 5 nitrogen and oxygen atoms in total. The first-order valence-electron chi connectivity index (χ1n) is 6.34. The summed E-state index contributed by atoms with van der Waals surface area (Å²) in [6.07, 6.45) is 0.398. The Morgan fingerprint density at radius 1 is 1.30 bits per heavy atom. The molecule has 0 radical (unpaired) electrons. The highest BCUT2D eigenvalue weighted by Gasteiger charge is 2.16. The van der Waals surface area contributed by atoms with E-state index >= 15 is 0 Å². The molecular weight excluding hydrogens is 256 g/mol. The number of aromatic amines is 1. The number of aromatic nitrogens is 2. The maximum absolute atomic E-state index is 12.1. The molecule has 0 spiro atoms. The number of aryl methyl sites for hydroxylation is 1. The van der Waals surface area contributed by atoms with Gasteiger partial charge in [-0.3, -0.25) is 9.59 Å². The highest BCUT2D eigenvalue weighted by molar-refractivity contribution is 6.02. The number of H-pyrrole nitrogens is 1. The molecule has 0 aliphatic carbocycles. The summed E-state index contributed by atoms with van der Waals surface area (Å²) in [5, 5.41) is 6.18. The number of carbonyl (C=O) groups is 1. The van der Waals surface area contributed by atoms with Gasteiger partial charge in [0.1, 0.15) is 0 Å². The summed E-state index contributed by atoms with van der Waals surface area (Å²) in [5.41, 5.74) is 2.43. The van der Waals surface area contributed by atoms with Crippen molar-refractivity contribution in [2.24, 2.45) is 0 Å². The molecule has 0 amide bonds. The van der Waals surface area contributed by atoms with Crippen molar-refractivity contribution >= 4 is 5.78 Å². The van der Waals surface area contributed by atoms with Gasteiger partial charge in [0.15, 0.2) is 5.78 Å². The molecule has 0 unspecified atom stereocenters. The standard InChI is InChI=1S/C15H16N2O3/c1-4-13(18)10-6-5-9(2)7-11(10)12-8-14(19)16-17-15(12)20-3/h5-8H,4H2,1-3H3,(H,16,19). The number of carbonyl (C=O) groups excluding carboxylic acids is 1. The maximum atomic E-state index is 12.1. The van der Waals surface area contributed by atoms with Crippen LogP contribution in [-0.2, 0) is 0 Å². The summed E-state index contributed by atoms with van der Waals surface area (Å²) in [6.45, 7) is 3.73. The molecule has 0 saturated heterocycles. The van der Waals surface area contributed by atoms with E-state index in [2.05, 4.69) is 10.2 Å². The molecule has 2 aromatic rings. The van der Waals surface area contributed by atoms with Crippen LogP contribution >= 0.6 is 0 Å². The Morgan fingerprint density at radius 3 is 2.70 bits per heavy atom. The normalized spacial score (nSPS) is 10.3. The zero-order chi connectivity index (χ0) is 14.7. The number of ether oxygens (including phenoxy) is 1. The smallest absolute Gasteiger partial charge is 0.265 e. The molecule has 1 aromatic carbocycles. The third-order valence-corrected chi connectivity index (χ3v) is 3.05. The van der Waals surface area contributed by atoms with Crippen LogP contribution in [0.5, 0.6) is 5.88 Å². The molecule has 104 valence electrons. The number of hydrogen-bond donors (Lipinski definition) is 1. The van der Waals surface area contributed by atoms with Crippen LogP contribution in [0.2, 0.25) is 0 Å². The number of benzene rings is 1. The van der Waals surface area contributed by atoms with E-state index < -0.39 is 0 Å². The second-order valence-electron chi connectivity index (χ2n) is 4.48. The van der Waals surface area contributed by atoms with E-state index in [1.165, 1.54) is 13.2 Å². The van der Waals surface area contributed by atoms with E-state index in [0.717, 1.165) is 5.56 Å². The minimum atomic E-state index is -0.336. The lowest BCUT2D eigenvalue weighted by Crippen LogP contribution is -2.10. The Bertz CT molecular complexity index is 705. The lowest BCUT2D eigenvalue weighted by Gasteiger charge is -2.11. The van der Waals surface area contributed by atoms with Crippen molar-refractivity contribution < 1.29 is 9.53 Å². The van der Waals surface area contributed by atoms with Gasteiger partial charge in [-0.2, -0.15) is 0 Å². The number of ketones is 1. The van der Waals surface area contributed by atoms with E-state index in [-0.39, 0.29) is 11.3 Å². The summed E-state index contributed by atoms with van der Waals surface area (Å²) in [6, 6.07) is 6.91. The van der Waals surface area contributed by atoms with Gasteiger partial charge in [0.2, 0.25) is 5.88 Å². The van der Waals surface area contributed by atoms with E-state index in [4.69, 9.17) is 4.74 Å². The van der Waals surface area contributed by atoms with Gasteiger partial charge in [-0.25, -0.2) is 5.10 Å². The van der Waals surface area contributed by atoms with Gasteiger partial charge < -0.3 is 4.74 Å². The largest absolute Gasteiger partial charge is 0.480 e. The third-order valence-electron chi connectivity index (χ3n) is 3.05. The number of nitrogens with one attached hydrogen (secondary N) is 1. The average Bonchev–Trinajstić information content (AvgIpc) is 2.46. The second kappa shape index (κ2) is 5.69. The van der Waals surface area contributed by atoms with Crippen molar-refractivity contribution in [3.63, 3.8) is 0 Å². The number of hydrogen-bond acceptors (Lipinski definition) is 4. The molecule has 2 rings (SSSR count). The number of Topliss-reactive ketones (excluding diaryl/α,β-unsaturated/α-hetero) is 1. The van der Waals surface area contributed by atoms with Crippen molar-refractivity contribution in [1.82, 2.24) is 10.2 Å². The second-order valence-corrected chi connectivity index (χ2v) is 4.48. The van der Waals surface area contributed by atoms with E-state index in [1.807, 2.05) is 19.1 Å². The van der Waals surface area contributed by atoms with Crippen molar-refractivity contribution in [3.05, 3.63) is 45.7 Å². The Kier molecular flexibility index (Phi) is 3.98. The Labute approximate surface area is 116 Å². The molecule has 0 fully saturated rings. The van der Waals surface area contributed by atoms with Gasteiger partial charge in [-0.05, 0) is 12.5 Å². The number of rotatable bonds is 4. The molecule has 1 aromatic heterocycles. The minimum Gasteiger partial charge on any atom is -0.480 e. The Balaban J connectivity index is 2.74. The van der Waals surface area contributed by atoms with Crippen molar-refractivity contribution in [2.75, 3.05) is 7.11 Å². The first kappa shape index (κ1) is 14.0. The van der Waals surface area contributed by atoms with Gasteiger partial charge in [-0.15, -0.1) is 5.10 Å². The molecule has 1 N–H and O–H groups in total. The monoisotopic (exact) mass is 272 g/mol. The van der Waals surface area contributed by atoms with Gasteiger partial charge >= 0.3 is 0 Å². The molecule has 0 aliphatic rings. The van der Waals surface area contributed by atoms with Crippen LogP contribution in [0.1, 0.15) is 29.3 Å². The highest BCUT2D eigenvalue weighted by atomic mass is 16.5. The van der Waals surface area contributed by atoms with Crippen LogP contribution in [0.3, 0.4) is 0 Å². The Morgan fingerprint density at radius 2 is 2.05 bits per heavy atom. The first-order chi connectivity index (χ1) is 9.56. The summed E-state index contributed by atoms with van der Waals surface area (Å²) >= 11 is 0. The van der Waals surface area contributed by atoms with Crippen molar-refractivity contribution in [2.45, 2.75) is 20.3 Å². The molecular formula is C15H16N2O3. The van der Waals surface area contributed by atoms with Gasteiger partial charge in [0, 0.05) is 18.1 Å². The lowest BCUT2D eigenvalue weighted by atomic mass is 9.95. The number of nitrogens with zero attached hydrogens (tertiary/aromatic N) is 1. The Hall–Kier alpha value is -2.43. The number of methoxy groups -OCH3 is 1.